The van der Waals surface area contributed by atoms with Crippen molar-refractivity contribution in [2.75, 3.05) is 19.6 Å². The zero-order valence-electron chi connectivity index (χ0n) is 16.7. The van der Waals surface area contributed by atoms with E-state index in [-0.39, 0.29) is 30.3 Å². The summed E-state index contributed by atoms with van der Waals surface area (Å²) >= 11 is 0. The Labute approximate surface area is 180 Å². The van der Waals surface area contributed by atoms with E-state index in [1.165, 1.54) is 17.0 Å². The molecule has 10 heteroatoms. The Morgan fingerprint density at radius 3 is 2.09 bits per heavy atom. The number of likely N-dealkylation sites (tertiary alicyclic amines) is 1. The largest absolute Gasteiger partial charge is 0.352 e. The summed E-state index contributed by atoms with van der Waals surface area (Å²) in [4.78, 5) is 51.7. The lowest BCUT2D eigenvalue weighted by Crippen LogP contribution is -2.49. The molecule has 2 aliphatic rings. The molecule has 1 N–H and O–H groups in total. The van der Waals surface area contributed by atoms with E-state index in [1.54, 1.807) is 12.1 Å². The molecule has 7 nitrogen and oxygen atoms in total. The van der Waals surface area contributed by atoms with Crippen LogP contribution in [0.3, 0.4) is 0 Å². The van der Waals surface area contributed by atoms with Crippen LogP contribution >= 0.6 is 0 Å². The summed E-state index contributed by atoms with van der Waals surface area (Å²) in [6.45, 7) is -0.101. The topological polar surface area (TPSA) is 86.8 Å². The first-order chi connectivity index (χ1) is 15.3. The molecule has 1 fully saturated rings. The first-order valence-corrected chi connectivity index (χ1v) is 9.95. The van der Waals surface area contributed by atoms with Crippen LogP contribution in [0.2, 0.25) is 0 Å². The van der Waals surface area contributed by atoms with E-state index in [9.17, 15) is 32.3 Å². The Hall–Kier alpha value is -3.69. The summed E-state index contributed by atoms with van der Waals surface area (Å²) in [6.07, 6.45) is 0.676. The van der Waals surface area contributed by atoms with Crippen molar-refractivity contribution in [3.05, 3.63) is 70.5 Å². The fourth-order valence-electron chi connectivity index (χ4n) is 3.89. The first-order valence-electron chi connectivity index (χ1n) is 9.95. The van der Waals surface area contributed by atoms with Crippen LogP contribution in [0, 0.1) is 17.5 Å². The van der Waals surface area contributed by atoms with Crippen LogP contribution in [0.5, 0.6) is 0 Å². The number of carbonyl (C=O) groups excluding carboxylic acids is 4. The summed E-state index contributed by atoms with van der Waals surface area (Å²) in [5, 5.41) is 2.73. The lowest BCUT2D eigenvalue weighted by molar-refractivity contribution is -0.122. The van der Waals surface area contributed by atoms with E-state index in [2.05, 4.69) is 5.32 Å². The summed E-state index contributed by atoms with van der Waals surface area (Å²) in [5.41, 5.74) is -0.0554. The average molecular weight is 445 g/mol. The molecule has 1 saturated heterocycles. The van der Waals surface area contributed by atoms with Gasteiger partial charge in [-0.25, -0.2) is 13.2 Å². The second-order valence-corrected chi connectivity index (χ2v) is 7.60. The van der Waals surface area contributed by atoms with Crippen molar-refractivity contribution in [2.45, 2.75) is 18.9 Å². The molecule has 0 unspecified atom stereocenters. The normalized spacial score (nSPS) is 16.3. The van der Waals surface area contributed by atoms with Crippen LogP contribution in [-0.2, 0) is 4.79 Å². The highest BCUT2D eigenvalue weighted by Crippen LogP contribution is 2.22. The number of nitrogens with one attached hydrogen (secondary N) is 1. The Morgan fingerprint density at radius 2 is 1.50 bits per heavy atom. The number of carbonyl (C=O) groups is 4. The number of fused-ring (bicyclic) bond motifs is 1. The van der Waals surface area contributed by atoms with E-state index in [1.807, 2.05) is 0 Å². The molecule has 0 aliphatic carbocycles. The molecule has 32 heavy (non-hydrogen) atoms. The molecular weight excluding hydrogens is 427 g/mol. The van der Waals surface area contributed by atoms with Crippen LogP contribution in [-0.4, -0.2) is 59.1 Å². The molecule has 2 heterocycles. The van der Waals surface area contributed by atoms with Crippen molar-refractivity contribution in [2.24, 2.45) is 0 Å². The standard InChI is InChI=1S/C22H18F3N3O4/c23-16-6-5-15(18(24)19(16)25)20(30)27-9-7-12(8-10-27)26-17(29)11-28-21(31)13-3-1-2-4-14(13)22(28)32/h1-6,12H,7-11H2,(H,26,29). The van der Waals surface area contributed by atoms with Gasteiger partial charge in [0.1, 0.15) is 6.54 Å². The van der Waals surface area contributed by atoms with Gasteiger partial charge in [0, 0.05) is 19.1 Å². The van der Waals surface area contributed by atoms with Gasteiger partial charge in [-0.1, -0.05) is 12.1 Å². The zero-order chi connectivity index (χ0) is 23.0. The van der Waals surface area contributed by atoms with E-state index in [0.717, 1.165) is 11.0 Å². The fourth-order valence-corrected chi connectivity index (χ4v) is 3.89. The third-order valence-electron chi connectivity index (χ3n) is 5.59. The molecule has 4 rings (SSSR count). The second kappa shape index (κ2) is 8.45. The van der Waals surface area contributed by atoms with Crippen LogP contribution < -0.4 is 5.32 Å². The number of amides is 4. The number of imide groups is 1. The number of halogens is 3. The van der Waals surface area contributed by atoms with Gasteiger partial charge in [-0.05, 0) is 37.1 Å². The van der Waals surface area contributed by atoms with Crippen molar-refractivity contribution in [3.63, 3.8) is 0 Å². The summed E-state index contributed by atoms with van der Waals surface area (Å²) < 4.78 is 40.4. The van der Waals surface area contributed by atoms with Crippen molar-refractivity contribution in [1.29, 1.82) is 0 Å². The molecule has 0 atom stereocenters. The van der Waals surface area contributed by atoms with Gasteiger partial charge in [-0.15, -0.1) is 0 Å². The number of hydrogen-bond donors (Lipinski definition) is 1. The molecule has 0 aromatic heterocycles. The van der Waals surface area contributed by atoms with Gasteiger partial charge in [0.2, 0.25) is 5.91 Å². The zero-order valence-corrected chi connectivity index (χ0v) is 16.7. The van der Waals surface area contributed by atoms with Gasteiger partial charge in [-0.2, -0.15) is 0 Å². The minimum atomic E-state index is -1.70. The SMILES string of the molecule is O=C(CN1C(=O)c2ccccc2C1=O)NC1CCN(C(=O)c2ccc(F)c(F)c2F)CC1. The quantitative estimate of drug-likeness (QED) is 0.577. The summed E-state index contributed by atoms with van der Waals surface area (Å²) in [5.74, 6) is -6.96. The van der Waals surface area contributed by atoms with Crippen LogP contribution in [0.4, 0.5) is 13.2 Å². The number of piperidine rings is 1. The third-order valence-corrected chi connectivity index (χ3v) is 5.59. The maximum atomic E-state index is 13.9. The smallest absolute Gasteiger partial charge is 0.262 e. The number of benzene rings is 2. The van der Waals surface area contributed by atoms with Crippen molar-refractivity contribution in [1.82, 2.24) is 15.1 Å². The monoisotopic (exact) mass is 445 g/mol. The maximum absolute atomic E-state index is 13.9. The Balaban J connectivity index is 1.31. The molecular formula is C22H18F3N3O4. The van der Waals surface area contributed by atoms with Gasteiger partial charge in [-0.3, -0.25) is 24.1 Å². The summed E-state index contributed by atoms with van der Waals surface area (Å²) in [6, 6.07) is 7.58. The van der Waals surface area contributed by atoms with E-state index in [4.69, 9.17) is 0 Å². The molecule has 0 radical (unpaired) electrons. The predicted molar refractivity (Wildman–Crippen MR) is 105 cm³/mol. The number of hydrogen-bond acceptors (Lipinski definition) is 4. The highest BCUT2D eigenvalue weighted by Gasteiger charge is 2.36. The lowest BCUT2D eigenvalue weighted by Gasteiger charge is -2.32. The fraction of sp³-hybridized carbons (Fsp3) is 0.273. The molecule has 166 valence electrons. The Bertz CT molecular complexity index is 1090. The van der Waals surface area contributed by atoms with Crippen LogP contribution in [0.1, 0.15) is 43.9 Å². The van der Waals surface area contributed by atoms with E-state index >= 15 is 0 Å². The Kier molecular flexibility index (Phi) is 5.68. The van der Waals surface area contributed by atoms with Gasteiger partial charge < -0.3 is 10.2 Å². The highest BCUT2D eigenvalue weighted by atomic mass is 19.2. The van der Waals surface area contributed by atoms with Crippen molar-refractivity contribution < 1.29 is 32.3 Å². The van der Waals surface area contributed by atoms with E-state index in [0.29, 0.717) is 18.9 Å². The summed E-state index contributed by atoms with van der Waals surface area (Å²) in [7, 11) is 0. The average Bonchev–Trinajstić information content (AvgIpc) is 3.03. The molecule has 0 spiro atoms. The predicted octanol–water partition coefficient (Wildman–Crippen LogP) is 2.12. The minimum Gasteiger partial charge on any atom is -0.352 e. The first kappa shape index (κ1) is 21.5. The molecule has 2 aromatic carbocycles. The minimum absolute atomic E-state index is 0.162. The molecule has 0 saturated carbocycles. The highest BCUT2D eigenvalue weighted by molar-refractivity contribution is 6.22. The second-order valence-electron chi connectivity index (χ2n) is 7.60. The molecule has 2 aromatic rings. The number of rotatable bonds is 4. The van der Waals surface area contributed by atoms with Gasteiger partial charge >= 0.3 is 0 Å². The van der Waals surface area contributed by atoms with E-state index < -0.39 is 53.2 Å². The molecule has 4 amide bonds. The Morgan fingerprint density at radius 1 is 0.906 bits per heavy atom. The maximum Gasteiger partial charge on any atom is 0.262 e. The third kappa shape index (κ3) is 3.83. The van der Waals surface area contributed by atoms with Gasteiger partial charge in [0.05, 0.1) is 16.7 Å². The van der Waals surface area contributed by atoms with Crippen LogP contribution in [0.15, 0.2) is 36.4 Å². The van der Waals surface area contributed by atoms with Crippen LogP contribution in [0.25, 0.3) is 0 Å². The van der Waals surface area contributed by atoms with Gasteiger partial charge in [0.25, 0.3) is 17.7 Å². The van der Waals surface area contributed by atoms with Crippen molar-refractivity contribution in [3.8, 4) is 0 Å². The van der Waals surface area contributed by atoms with Crippen molar-refractivity contribution >= 4 is 23.6 Å². The molecule has 0 bridgehead atoms. The molecule has 2 aliphatic heterocycles. The van der Waals surface area contributed by atoms with Gasteiger partial charge in [0.15, 0.2) is 17.5 Å². The lowest BCUT2D eigenvalue weighted by atomic mass is 10.0. The number of nitrogens with zero attached hydrogens (tertiary/aromatic N) is 2.